The largest absolute Gasteiger partial charge is 0.467 e. The summed E-state index contributed by atoms with van der Waals surface area (Å²) < 4.78 is 4.98. The van der Waals surface area contributed by atoms with Gasteiger partial charge in [0, 0.05) is 5.39 Å². The maximum Gasteiger partial charge on any atom is 0.316 e. The van der Waals surface area contributed by atoms with Crippen LogP contribution in [0.2, 0.25) is 0 Å². The molecule has 0 unspecified atom stereocenters. The van der Waals surface area contributed by atoms with Crippen molar-refractivity contribution in [1.29, 1.82) is 0 Å². The number of fused-ring (bicyclic) bond motifs is 1. The maximum absolute atomic E-state index is 4.98. The van der Waals surface area contributed by atoms with Crippen LogP contribution in [-0.2, 0) is 0 Å². The molecule has 1 aromatic carbocycles. The van der Waals surface area contributed by atoms with E-state index in [1.54, 1.807) is 7.11 Å². The lowest BCUT2D eigenvalue weighted by Gasteiger charge is -2.02. The molecular formula is C12H16N2O. The van der Waals surface area contributed by atoms with Crippen LogP contribution in [0.25, 0.3) is 10.9 Å². The van der Waals surface area contributed by atoms with Crippen molar-refractivity contribution in [1.82, 2.24) is 9.97 Å². The quantitative estimate of drug-likeness (QED) is 0.716. The van der Waals surface area contributed by atoms with E-state index in [1.165, 1.54) is 0 Å². The summed E-state index contributed by atoms with van der Waals surface area (Å²) in [6, 6.07) is 8.31. The molecule has 0 aliphatic rings. The zero-order chi connectivity index (χ0) is 11.3. The molecule has 15 heavy (non-hydrogen) atoms. The average Bonchev–Trinajstić information content (AvgIpc) is 2.31. The van der Waals surface area contributed by atoms with Crippen LogP contribution in [0, 0.1) is 6.92 Å². The lowest BCUT2D eigenvalue weighted by atomic mass is 10.2. The second kappa shape index (κ2) is 5.29. The van der Waals surface area contributed by atoms with E-state index < -0.39 is 0 Å². The van der Waals surface area contributed by atoms with Gasteiger partial charge in [0.25, 0.3) is 0 Å². The van der Waals surface area contributed by atoms with Crippen molar-refractivity contribution in [2.75, 3.05) is 7.11 Å². The van der Waals surface area contributed by atoms with Gasteiger partial charge >= 0.3 is 6.01 Å². The summed E-state index contributed by atoms with van der Waals surface area (Å²) in [6.45, 7) is 5.95. The maximum atomic E-state index is 4.98. The summed E-state index contributed by atoms with van der Waals surface area (Å²) in [5, 5.41) is 1.07. The van der Waals surface area contributed by atoms with Crippen molar-refractivity contribution in [3.63, 3.8) is 0 Å². The third-order valence-corrected chi connectivity index (χ3v) is 1.96. The molecule has 3 heteroatoms. The predicted octanol–water partition coefficient (Wildman–Crippen LogP) is 2.97. The molecule has 0 atom stereocenters. The molecule has 1 aromatic heterocycles. The van der Waals surface area contributed by atoms with Gasteiger partial charge in [0.2, 0.25) is 0 Å². The lowest BCUT2D eigenvalue weighted by molar-refractivity contribution is 0.381. The smallest absolute Gasteiger partial charge is 0.316 e. The van der Waals surface area contributed by atoms with Crippen LogP contribution in [0.5, 0.6) is 6.01 Å². The number of rotatable bonds is 1. The van der Waals surface area contributed by atoms with E-state index in [-0.39, 0.29) is 0 Å². The summed E-state index contributed by atoms with van der Waals surface area (Å²) in [4.78, 5) is 8.41. The molecule has 3 nitrogen and oxygen atoms in total. The second-order valence-corrected chi connectivity index (χ2v) is 2.81. The summed E-state index contributed by atoms with van der Waals surface area (Å²) in [5.74, 6) is 0. The number of hydrogen-bond donors (Lipinski definition) is 0. The zero-order valence-corrected chi connectivity index (χ0v) is 9.61. The first-order chi connectivity index (χ1) is 7.31. The van der Waals surface area contributed by atoms with Gasteiger partial charge in [0.05, 0.1) is 18.3 Å². The number of benzene rings is 1. The van der Waals surface area contributed by atoms with Crippen molar-refractivity contribution in [3.8, 4) is 6.01 Å². The van der Waals surface area contributed by atoms with E-state index in [4.69, 9.17) is 4.74 Å². The minimum atomic E-state index is 0.427. The van der Waals surface area contributed by atoms with E-state index in [0.29, 0.717) is 6.01 Å². The van der Waals surface area contributed by atoms with E-state index in [0.717, 1.165) is 16.6 Å². The van der Waals surface area contributed by atoms with Crippen LogP contribution in [0.15, 0.2) is 24.3 Å². The highest BCUT2D eigenvalue weighted by atomic mass is 16.5. The molecule has 0 radical (unpaired) electrons. The number of methoxy groups -OCH3 is 1. The van der Waals surface area contributed by atoms with Crippen LogP contribution >= 0.6 is 0 Å². The molecule has 0 amide bonds. The van der Waals surface area contributed by atoms with Crippen molar-refractivity contribution in [2.45, 2.75) is 20.8 Å². The molecule has 0 spiro atoms. The molecule has 0 aliphatic heterocycles. The molecule has 2 aromatic rings. The Morgan fingerprint density at radius 1 is 1.07 bits per heavy atom. The summed E-state index contributed by atoms with van der Waals surface area (Å²) >= 11 is 0. The Hall–Kier alpha value is -1.64. The molecule has 2 rings (SSSR count). The van der Waals surface area contributed by atoms with E-state index in [2.05, 4.69) is 9.97 Å². The van der Waals surface area contributed by atoms with Gasteiger partial charge < -0.3 is 4.74 Å². The van der Waals surface area contributed by atoms with Crippen molar-refractivity contribution >= 4 is 10.9 Å². The number of aromatic nitrogens is 2. The molecule has 0 fully saturated rings. The highest BCUT2D eigenvalue weighted by Crippen LogP contribution is 2.16. The molecule has 80 valence electrons. The monoisotopic (exact) mass is 204 g/mol. The highest BCUT2D eigenvalue weighted by molar-refractivity contribution is 5.80. The second-order valence-electron chi connectivity index (χ2n) is 2.81. The van der Waals surface area contributed by atoms with Gasteiger partial charge in [-0.25, -0.2) is 0 Å². The number of ether oxygens (including phenoxy) is 1. The molecule has 0 N–H and O–H groups in total. The van der Waals surface area contributed by atoms with Gasteiger partial charge in [0.15, 0.2) is 0 Å². The van der Waals surface area contributed by atoms with Crippen LogP contribution in [-0.4, -0.2) is 17.1 Å². The fourth-order valence-corrected chi connectivity index (χ4v) is 1.30. The zero-order valence-electron chi connectivity index (χ0n) is 9.61. The minimum absolute atomic E-state index is 0.427. The number of nitrogens with zero attached hydrogens (tertiary/aromatic N) is 2. The Kier molecular flexibility index (Phi) is 4.03. The third-order valence-electron chi connectivity index (χ3n) is 1.96. The van der Waals surface area contributed by atoms with Gasteiger partial charge in [-0.2, -0.15) is 9.97 Å². The van der Waals surface area contributed by atoms with Crippen molar-refractivity contribution in [2.24, 2.45) is 0 Å². The van der Waals surface area contributed by atoms with Crippen molar-refractivity contribution in [3.05, 3.63) is 30.0 Å². The lowest BCUT2D eigenvalue weighted by Crippen LogP contribution is -1.94. The average molecular weight is 204 g/mol. The van der Waals surface area contributed by atoms with Crippen LogP contribution in [0.1, 0.15) is 19.5 Å². The first-order valence-corrected chi connectivity index (χ1v) is 5.08. The summed E-state index contributed by atoms with van der Waals surface area (Å²) in [6.07, 6.45) is 0. The van der Waals surface area contributed by atoms with Gasteiger partial charge in [0.1, 0.15) is 0 Å². The molecular weight excluding hydrogens is 188 g/mol. The van der Waals surface area contributed by atoms with E-state index >= 15 is 0 Å². The predicted molar refractivity (Wildman–Crippen MR) is 62.2 cm³/mol. The van der Waals surface area contributed by atoms with Gasteiger partial charge in [-0.05, 0) is 13.0 Å². The number of para-hydroxylation sites is 1. The normalized spacial score (nSPS) is 9.33. The van der Waals surface area contributed by atoms with Crippen molar-refractivity contribution < 1.29 is 4.74 Å². The Labute approximate surface area is 90.1 Å². The fourth-order valence-electron chi connectivity index (χ4n) is 1.30. The number of hydrogen-bond acceptors (Lipinski definition) is 3. The first kappa shape index (κ1) is 11.4. The topological polar surface area (TPSA) is 35.0 Å². The Balaban J connectivity index is 0.000000531. The fraction of sp³-hybridized carbons (Fsp3) is 0.333. The van der Waals surface area contributed by atoms with Crippen LogP contribution in [0.4, 0.5) is 0 Å². The van der Waals surface area contributed by atoms with Gasteiger partial charge in [-0.3, -0.25) is 0 Å². The molecule has 0 bridgehead atoms. The van der Waals surface area contributed by atoms with Crippen LogP contribution in [0.3, 0.4) is 0 Å². The first-order valence-electron chi connectivity index (χ1n) is 5.08. The number of aryl methyl sites for hydroxylation is 1. The van der Waals surface area contributed by atoms with Crippen LogP contribution < -0.4 is 4.74 Å². The third kappa shape index (κ3) is 2.43. The van der Waals surface area contributed by atoms with Gasteiger partial charge in [-0.1, -0.05) is 32.0 Å². The van der Waals surface area contributed by atoms with E-state index in [1.807, 2.05) is 45.0 Å². The Bertz CT molecular complexity index is 441. The molecule has 0 aliphatic carbocycles. The van der Waals surface area contributed by atoms with Gasteiger partial charge in [-0.15, -0.1) is 0 Å². The molecule has 1 heterocycles. The minimum Gasteiger partial charge on any atom is -0.467 e. The Morgan fingerprint density at radius 2 is 1.73 bits per heavy atom. The SMILES string of the molecule is CC.COc1nc(C)c2ccccc2n1. The Morgan fingerprint density at radius 3 is 2.40 bits per heavy atom. The standard InChI is InChI=1S/C10H10N2O.C2H6/c1-7-8-5-3-4-6-9(8)12-10(11-7)13-2;1-2/h3-6H,1-2H3;1-2H3. The molecule has 0 saturated carbocycles. The highest BCUT2D eigenvalue weighted by Gasteiger charge is 2.02. The molecule has 0 saturated heterocycles. The summed E-state index contributed by atoms with van der Waals surface area (Å²) in [7, 11) is 1.57. The summed E-state index contributed by atoms with van der Waals surface area (Å²) in [5.41, 5.74) is 1.87. The van der Waals surface area contributed by atoms with E-state index in [9.17, 15) is 0 Å².